The summed E-state index contributed by atoms with van der Waals surface area (Å²) in [6.07, 6.45) is 0.298. The molecule has 0 spiro atoms. The number of hydrogen-bond acceptors (Lipinski definition) is 5. The molecule has 100 valence electrons. The number of ether oxygens (including phenoxy) is 1. The van der Waals surface area contributed by atoms with Crippen LogP contribution < -0.4 is 10.1 Å². The summed E-state index contributed by atoms with van der Waals surface area (Å²) in [5, 5.41) is 10.4. The van der Waals surface area contributed by atoms with Crippen LogP contribution in [0.25, 0.3) is 0 Å². The number of carbonyl (C=O) groups excluding carboxylic acids is 2. The molecule has 1 aromatic carbocycles. The van der Waals surface area contributed by atoms with Crippen LogP contribution in [0.4, 0.5) is 4.79 Å². The minimum Gasteiger partial charge on any atom is -0.496 e. The van der Waals surface area contributed by atoms with Gasteiger partial charge in [-0.15, -0.1) is 0 Å². The SMILES string of the molecule is COc1ccc(CC2SC(=O)NC2=O)cc1C(=O)O. The van der Waals surface area contributed by atoms with E-state index in [0.717, 1.165) is 11.8 Å². The van der Waals surface area contributed by atoms with E-state index in [9.17, 15) is 14.4 Å². The Bertz CT molecular complexity index is 557. The number of nitrogens with one attached hydrogen (secondary N) is 1. The molecular weight excluding hydrogens is 270 g/mol. The van der Waals surface area contributed by atoms with Crippen LogP contribution in [0.1, 0.15) is 15.9 Å². The molecule has 2 rings (SSSR count). The Hall–Kier alpha value is -2.02. The number of benzene rings is 1. The van der Waals surface area contributed by atoms with Gasteiger partial charge in [-0.25, -0.2) is 4.79 Å². The monoisotopic (exact) mass is 281 g/mol. The fourth-order valence-corrected chi connectivity index (χ4v) is 2.65. The van der Waals surface area contributed by atoms with Crippen LogP contribution in [0.2, 0.25) is 0 Å². The minimum absolute atomic E-state index is 0.0368. The largest absolute Gasteiger partial charge is 0.496 e. The van der Waals surface area contributed by atoms with Gasteiger partial charge in [-0.1, -0.05) is 17.8 Å². The molecule has 0 aromatic heterocycles. The molecule has 1 aromatic rings. The average molecular weight is 281 g/mol. The fraction of sp³-hybridized carbons (Fsp3) is 0.250. The van der Waals surface area contributed by atoms with Crippen molar-refractivity contribution >= 4 is 28.9 Å². The van der Waals surface area contributed by atoms with Gasteiger partial charge in [-0.05, 0) is 24.1 Å². The highest BCUT2D eigenvalue weighted by Gasteiger charge is 2.31. The summed E-state index contributed by atoms with van der Waals surface area (Å²) in [5.74, 6) is -1.18. The molecule has 1 fully saturated rings. The number of rotatable bonds is 4. The van der Waals surface area contributed by atoms with Crippen LogP contribution in [0.15, 0.2) is 18.2 Å². The van der Waals surface area contributed by atoms with E-state index in [0.29, 0.717) is 12.0 Å². The summed E-state index contributed by atoms with van der Waals surface area (Å²) in [6.45, 7) is 0. The Labute approximate surface area is 113 Å². The van der Waals surface area contributed by atoms with Crippen molar-refractivity contribution < 1.29 is 24.2 Å². The third-order valence-electron chi connectivity index (χ3n) is 2.68. The number of carboxylic acids is 1. The van der Waals surface area contributed by atoms with E-state index in [1.54, 1.807) is 6.07 Å². The fourth-order valence-electron chi connectivity index (χ4n) is 1.79. The van der Waals surface area contributed by atoms with E-state index in [-0.39, 0.29) is 22.5 Å². The molecule has 0 aliphatic carbocycles. The van der Waals surface area contributed by atoms with E-state index >= 15 is 0 Å². The van der Waals surface area contributed by atoms with Crippen LogP contribution >= 0.6 is 11.8 Å². The van der Waals surface area contributed by atoms with Crippen molar-refractivity contribution in [1.29, 1.82) is 0 Å². The number of carboxylic acid groups (broad SMARTS) is 1. The number of imide groups is 1. The molecule has 2 amide bonds. The quantitative estimate of drug-likeness (QED) is 0.863. The molecule has 19 heavy (non-hydrogen) atoms. The van der Waals surface area contributed by atoms with Gasteiger partial charge in [-0.3, -0.25) is 14.9 Å². The first kappa shape index (κ1) is 13.4. The number of carbonyl (C=O) groups is 3. The first-order valence-corrected chi connectivity index (χ1v) is 6.31. The average Bonchev–Trinajstić information content (AvgIpc) is 2.67. The summed E-state index contributed by atoms with van der Waals surface area (Å²) < 4.78 is 4.95. The summed E-state index contributed by atoms with van der Waals surface area (Å²) in [7, 11) is 1.39. The highest BCUT2D eigenvalue weighted by atomic mass is 32.2. The highest BCUT2D eigenvalue weighted by molar-refractivity contribution is 8.15. The molecule has 1 aliphatic rings. The summed E-state index contributed by atoms with van der Waals surface area (Å²) in [6, 6.07) is 4.68. The van der Waals surface area contributed by atoms with Crippen molar-refractivity contribution in [1.82, 2.24) is 5.32 Å². The van der Waals surface area contributed by atoms with Crippen molar-refractivity contribution in [3.05, 3.63) is 29.3 Å². The predicted octanol–water partition coefficient (Wildman–Crippen LogP) is 1.29. The lowest BCUT2D eigenvalue weighted by atomic mass is 10.0. The van der Waals surface area contributed by atoms with Gasteiger partial charge in [0, 0.05) is 0 Å². The van der Waals surface area contributed by atoms with Gasteiger partial charge >= 0.3 is 5.97 Å². The Balaban J connectivity index is 2.22. The van der Waals surface area contributed by atoms with Gasteiger partial charge in [0.1, 0.15) is 11.3 Å². The first-order valence-electron chi connectivity index (χ1n) is 5.43. The molecule has 0 radical (unpaired) electrons. The van der Waals surface area contributed by atoms with E-state index in [1.807, 2.05) is 0 Å². The maximum atomic E-state index is 11.4. The third kappa shape index (κ3) is 2.87. The normalized spacial score (nSPS) is 18.3. The van der Waals surface area contributed by atoms with Crippen LogP contribution in [0.5, 0.6) is 5.75 Å². The lowest BCUT2D eigenvalue weighted by molar-refractivity contribution is -0.118. The molecule has 1 atom stereocenters. The van der Waals surface area contributed by atoms with E-state index < -0.39 is 11.2 Å². The third-order valence-corrected chi connectivity index (χ3v) is 3.66. The van der Waals surface area contributed by atoms with Gasteiger partial charge in [0.2, 0.25) is 5.91 Å². The van der Waals surface area contributed by atoms with Crippen molar-refractivity contribution in [2.24, 2.45) is 0 Å². The zero-order valence-electron chi connectivity index (χ0n) is 10.0. The molecule has 6 nitrogen and oxygen atoms in total. The van der Waals surface area contributed by atoms with Gasteiger partial charge in [0.25, 0.3) is 5.24 Å². The van der Waals surface area contributed by atoms with Gasteiger partial charge in [0.05, 0.1) is 12.4 Å². The van der Waals surface area contributed by atoms with Crippen LogP contribution in [-0.4, -0.2) is 34.6 Å². The summed E-state index contributed by atoms with van der Waals surface area (Å²) in [4.78, 5) is 33.6. The van der Waals surface area contributed by atoms with Gasteiger partial charge < -0.3 is 9.84 Å². The zero-order valence-corrected chi connectivity index (χ0v) is 10.8. The van der Waals surface area contributed by atoms with Crippen molar-refractivity contribution in [3.8, 4) is 5.75 Å². The molecule has 0 saturated carbocycles. The smallest absolute Gasteiger partial charge is 0.339 e. The Morgan fingerprint density at radius 3 is 2.74 bits per heavy atom. The summed E-state index contributed by atoms with van der Waals surface area (Å²) in [5.41, 5.74) is 0.704. The molecule has 2 N–H and O–H groups in total. The van der Waals surface area contributed by atoms with E-state index in [2.05, 4.69) is 5.32 Å². The molecule has 1 aliphatic heterocycles. The second-order valence-corrected chi connectivity index (χ2v) is 5.10. The van der Waals surface area contributed by atoms with E-state index in [1.165, 1.54) is 19.2 Å². The minimum atomic E-state index is -1.10. The molecule has 1 heterocycles. The standard InChI is InChI=1S/C12H11NO5S/c1-18-8-3-2-6(4-7(8)11(15)16)5-9-10(14)13-12(17)19-9/h2-4,9H,5H2,1H3,(H,15,16)(H,13,14,17). The van der Waals surface area contributed by atoms with Crippen LogP contribution in [0.3, 0.4) is 0 Å². The predicted molar refractivity (Wildman–Crippen MR) is 68.6 cm³/mol. The molecule has 1 unspecified atom stereocenters. The summed E-state index contributed by atoms with van der Waals surface area (Å²) >= 11 is 0.914. The number of amides is 2. The zero-order chi connectivity index (χ0) is 14.0. The van der Waals surface area contributed by atoms with Crippen LogP contribution in [-0.2, 0) is 11.2 Å². The number of aromatic carboxylic acids is 1. The lowest BCUT2D eigenvalue weighted by Gasteiger charge is -2.09. The maximum Gasteiger partial charge on any atom is 0.339 e. The second-order valence-electron chi connectivity index (χ2n) is 3.93. The maximum absolute atomic E-state index is 11.4. The van der Waals surface area contributed by atoms with Crippen LogP contribution in [0, 0.1) is 0 Å². The topological polar surface area (TPSA) is 92.7 Å². The molecule has 7 heteroatoms. The molecule has 0 bridgehead atoms. The Morgan fingerprint density at radius 2 is 2.21 bits per heavy atom. The highest BCUT2D eigenvalue weighted by Crippen LogP contribution is 2.26. The van der Waals surface area contributed by atoms with Gasteiger partial charge in [0.15, 0.2) is 0 Å². The van der Waals surface area contributed by atoms with Crippen molar-refractivity contribution in [2.45, 2.75) is 11.7 Å². The lowest BCUT2D eigenvalue weighted by Crippen LogP contribution is -2.25. The number of hydrogen-bond donors (Lipinski definition) is 2. The number of thioether (sulfide) groups is 1. The Kier molecular flexibility index (Phi) is 3.75. The van der Waals surface area contributed by atoms with E-state index in [4.69, 9.17) is 9.84 Å². The first-order chi connectivity index (χ1) is 9.01. The van der Waals surface area contributed by atoms with Crippen molar-refractivity contribution in [3.63, 3.8) is 0 Å². The number of methoxy groups -OCH3 is 1. The molecular formula is C12H11NO5S. The van der Waals surface area contributed by atoms with Gasteiger partial charge in [-0.2, -0.15) is 0 Å². The Morgan fingerprint density at radius 1 is 1.47 bits per heavy atom. The van der Waals surface area contributed by atoms with Crippen molar-refractivity contribution in [2.75, 3.05) is 7.11 Å². The molecule has 1 saturated heterocycles. The second kappa shape index (κ2) is 5.31.